The van der Waals surface area contributed by atoms with E-state index in [2.05, 4.69) is 20.8 Å². The van der Waals surface area contributed by atoms with E-state index in [9.17, 15) is 0 Å². The number of hydrogen-bond acceptors (Lipinski definition) is 1. The molecule has 1 nitrogen and oxygen atoms in total. The molecule has 14 heavy (non-hydrogen) atoms. The second-order valence-corrected chi connectivity index (χ2v) is 5.72. The molecular formula is C13H24O. The lowest BCUT2D eigenvalue weighted by atomic mass is 9.89. The van der Waals surface area contributed by atoms with Gasteiger partial charge in [0.25, 0.3) is 0 Å². The van der Waals surface area contributed by atoms with Crippen molar-refractivity contribution in [1.82, 2.24) is 0 Å². The van der Waals surface area contributed by atoms with Gasteiger partial charge in [0.1, 0.15) is 0 Å². The van der Waals surface area contributed by atoms with E-state index in [0.29, 0.717) is 12.0 Å². The van der Waals surface area contributed by atoms with E-state index < -0.39 is 0 Å². The Morgan fingerprint density at radius 2 is 1.93 bits per heavy atom. The molecule has 0 N–H and O–H groups in total. The van der Waals surface area contributed by atoms with Crippen molar-refractivity contribution in [2.75, 3.05) is 6.61 Å². The molecule has 0 aromatic heterocycles. The maximum Gasteiger partial charge on any atom is 0.0570 e. The Kier molecular flexibility index (Phi) is 3.16. The zero-order valence-electron chi connectivity index (χ0n) is 9.83. The van der Waals surface area contributed by atoms with E-state index in [1.54, 1.807) is 0 Å². The summed E-state index contributed by atoms with van der Waals surface area (Å²) in [6.07, 6.45) is 6.38. The van der Waals surface area contributed by atoms with E-state index >= 15 is 0 Å². The molecule has 4 unspecified atom stereocenters. The molecular weight excluding hydrogens is 172 g/mol. The topological polar surface area (TPSA) is 9.23 Å². The van der Waals surface area contributed by atoms with Crippen LogP contribution in [0.3, 0.4) is 0 Å². The summed E-state index contributed by atoms with van der Waals surface area (Å²) in [6.45, 7) is 7.72. The van der Waals surface area contributed by atoms with Gasteiger partial charge in [-0.25, -0.2) is 0 Å². The van der Waals surface area contributed by atoms with Crippen LogP contribution in [-0.2, 0) is 4.74 Å². The molecule has 0 spiro atoms. The third-order valence-corrected chi connectivity index (χ3v) is 4.40. The normalized spacial score (nSPS) is 38.1. The molecule has 0 amide bonds. The highest BCUT2D eigenvalue weighted by molar-refractivity contribution is 4.89. The third-order valence-electron chi connectivity index (χ3n) is 4.40. The largest absolute Gasteiger partial charge is 0.378 e. The van der Waals surface area contributed by atoms with Crippen molar-refractivity contribution in [3.63, 3.8) is 0 Å². The van der Waals surface area contributed by atoms with Crippen molar-refractivity contribution in [3.05, 3.63) is 0 Å². The van der Waals surface area contributed by atoms with E-state index in [1.165, 1.54) is 25.7 Å². The summed E-state index contributed by atoms with van der Waals surface area (Å²) in [4.78, 5) is 0. The Labute approximate surface area is 88.2 Å². The van der Waals surface area contributed by atoms with Crippen molar-refractivity contribution in [2.45, 2.75) is 52.6 Å². The van der Waals surface area contributed by atoms with Gasteiger partial charge in [-0.2, -0.15) is 0 Å². The van der Waals surface area contributed by atoms with Crippen LogP contribution >= 0.6 is 0 Å². The fraction of sp³-hybridized carbons (Fsp3) is 1.00. The van der Waals surface area contributed by atoms with Crippen LogP contribution in [0.1, 0.15) is 46.5 Å². The first-order valence-electron chi connectivity index (χ1n) is 6.28. The Morgan fingerprint density at radius 1 is 1.14 bits per heavy atom. The quantitative estimate of drug-likeness (QED) is 0.669. The molecule has 0 aromatic rings. The number of fused-ring (bicyclic) bond motifs is 2. The van der Waals surface area contributed by atoms with E-state index in [-0.39, 0.29) is 0 Å². The second kappa shape index (κ2) is 4.22. The smallest absolute Gasteiger partial charge is 0.0570 e. The van der Waals surface area contributed by atoms with Crippen LogP contribution in [-0.4, -0.2) is 12.7 Å². The first-order valence-corrected chi connectivity index (χ1v) is 6.28. The molecule has 2 bridgehead atoms. The number of hydrogen-bond donors (Lipinski definition) is 0. The highest BCUT2D eigenvalue weighted by Gasteiger charge is 2.39. The molecule has 0 aliphatic heterocycles. The van der Waals surface area contributed by atoms with Crippen molar-refractivity contribution in [2.24, 2.45) is 23.7 Å². The molecule has 2 aliphatic rings. The zero-order chi connectivity index (χ0) is 10.1. The summed E-state index contributed by atoms with van der Waals surface area (Å²) in [7, 11) is 0. The standard InChI is InChI=1S/C13H24O/c1-9(2)10(3)14-8-13-7-11-4-5-12(13)6-11/h9-13H,4-8H2,1-3H3. The van der Waals surface area contributed by atoms with Gasteiger partial charge in [-0.15, -0.1) is 0 Å². The van der Waals surface area contributed by atoms with Crippen LogP contribution in [0.2, 0.25) is 0 Å². The predicted octanol–water partition coefficient (Wildman–Crippen LogP) is 3.48. The van der Waals surface area contributed by atoms with Crippen LogP contribution < -0.4 is 0 Å². The van der Waals surface area contributed by atoms with E-state index in [1.807, 2.05) is 0 Å². The SMILES string of the molecule is CC(C)C(C)OCC1CC2CCC1C2. The van der Waals surface area contributed by atoms with Gasteiger partial charge in [-0.1, -0.05) is 20.3 Å². The van der Waals surface area contributed by atoms with Crippen molar-refractivity contribution in [3.8, 4) is 0 Å². The zero-order valence-corrected chi connectivity index (χ0v) is 9.83. The van der Waals surface area contributed by atoms with Crippen molar-refractivity contribution in [1.29, 1.82) is 0 Å². The van der Waals surface area contributed by atoms with Crippen LogP contribution in [0.15, 0.2) is 0 Å². The highest BCUT2D eigenvalue weighted by atomic mass is 16.5. The molecule has 2 saturated carbocycles. The van der Waals surface area contributed by atoms with Gasteiger partial charge in [-0.3, -0.25) is 0 Å². The fourth-order valence-electron chi connectivity index (χ4n) is 3.05. The third kappa shape index (κ3) is 2.13. The number of ether oxygens (including phenoxy) is 1. The fourth-order valence-corrected chi connectivity index (χ4v) is 3.05. The van der Waals surface area contributed by atoms with E-state index in [0.717, 1.165) is 24.4 Å². The summed E-state index contributed by atoms with van der Waals surface area (Å²) in [5.74, 6) is 3.63. The summed E-state index contributed by atoms with van der Waals surface area (Å²) < 4.78 is 5.94. The molecule has 2 rings (SSSR count). The van der Waals surface area contributed by atoms with Gasteiger partial charge in [0, 0.05) is 0 Å². The van der Waals surface area contributed by atoms with Crippen LogP contribution in [0, 0.1) is 23.7 Å². The van der Waals surface area contributed by atoms with Crippen LogP contribution in [0.25, 0.3) is 0 Å². The molecule has 0 saturated heterocycles. The van der Waals surface area contributed by atoms with Gasteiger partial charge in [0.15, 0.2) is 0 Å². The lowest BCUT2D eigenvalue weighted by Gasteiger charge is -2.24. The molecule has 82 valence electrons. The molecule has 0 aromatic carbocycles. The summed E-state index contributed by atoms with van der Waals surface area (Å²) >= 11 is 0. The molecule has 1 heteroatoms. The predicted molar refractivity (Wildman–Crippen MR) is 59.2 cm³/mol. The monoisotopic (exact) mass is 196 g/mol. The average molecular weight is 196 g/mol. The lowest BCUT2D eigenvalue weighted by Crippen LogP contribution is -2.23. The number of rotatable bonds is 4. The van der Waals surface area contributed by atoms with Crippen LogP contribution in [0.4, 0.5) is 0 Å². The molecule has 0 heterocycles. The summed E-state index contributed by atoms with van der Waals surface area (Å²) in [5.41, 5.74) is 0. The van der Waals surface area contributed by atoms with Crippen molar-refractivity contribution < 1.29 is 4.74 Å². The first-order chi connectivity index (χ1) is 6.66. The summed E-state index contributed by atoms with van der Waals surface area (Å²) in [5, 5.41) is 0. The lowest BCUT2D eigenvalue weighted by molar-refractivity contribution is 0.00269. The van der Waals surface area contributed by atoms with Gasteiger partial charge < -0.3 is 4.74 Å². The second-order valence-electron chi connectivity index (χ2n) is 5.72. The summed E-state index contributed by atoms with van der Waals surface area (Å²) in [6, 6.07) is 0. The Morgan fingerprint density at radius 3 is 2.43 bits per heavy atom. The Balaban J connectivity index is 1.71. The van der Waals surface area contributed by atoms with Gasteiger partial charge >= 0.3 is 0 Å². The van der Waals surface area contributed by atoms with E-state index in [4.69, 9.17) is 4.74 Å². The maximum atomic E-state index is 5.94. The minimum absolute atomic E-state index is 0.439. The Hall–Kier alpha value is -0.0400. The molecule has 2 aliphatic carbocycles. The average Bonchev–Trinajstić information content (AvgIpc) is 2.74. The maximum absolute atomic E-state index is 5.94. The van der Waals surface area contributed by atoms with Gasteiger partial charge in [0.2, 0.25) is 0 Å². The minimum Gasteiger partial charge on any atom is -0.378 e. The van der Waals surface area contributed by atoms with Gasteiger partial charge in [-0.05, 0) is 49.9 Å². The minimum atomic E-state index is 0.439. The van der Waals surface area contributed by atoms with Gasteiger partial charge in [0.05, 0.1) is 12.7 Å². The molecule has 4 atom stereocenters. The highest BCUT2D eigenvalue weighted by Crippen LogP contribution is 2.48. The molecule has 2 fully saturated rings. The van der Waals surface area contributed by atoms with Crippen LogP contribution in [0.5, 0.6) is 0 Å². The van der Waals surface area contributed by atoms with Crippen molar-refractivity contribution >= 4 is 0 Å². The molecule has 0 radical (unpaired) electrons. The first kappa shape index (κ1) is 10.5. The Bertz CT molecular complexity index is 188.